The number of aliphatic hydroxyl groups excluding tert-OH is 1. The molecule has 2 aliphatic rings. The summed E-state index contributed by atoms with van der Waals surface area (Å²) in [6.45, 7) is 0.888. The van der Waals surface area contributed by atoms with Gasteiger partial charge in [0.2, 0.25) is 5.91 Å². The van der Waals surface area contributed by atoms with E-state index in [9.17, 15) is 19.5 Å². The number of carbonyl (C=O) groups is 3. The molecule has 2 amide bonds. The molecule has 1 aromatic heterocycles. The highest BCUT2D eigenvalue weighted by molar-refractivity contribution is 6.00. The Balaban J connectivity index is 1.28. The van der Waals surface area contributed by atoms with Crippen molar-refractivity contribution in [2.24, 2.45) is 0 Å². The maximum atomic E-state index is 13.6. The smallest absolute Gasteiger partial charge is 0.287 e. The number of benzene rings is 2. The number of rotatable bonds is 6. The van der Waals surface area contributed by atoms with E-state index in [0.29, 0.717) is 43.5 Å². The second-order valence-electron chi connectivity index (χ2n) is 9.80. The Bertz CT molecular complexity index is 1230. The second-order valence-corrected chi connectivity index (χ2v) is 9.80. The highest BCUT2D eigenvalue weighted by atomic mass is 16.3. The normalized spacial score (nSPS) is 21.6. The van der Waals surface area contributed by atoms with E-state index < -0.39 is 23.6 Å². The molecular formula is C28H31N3O5. The highest BCUT2D eigenvalue weighted by Crippen LogP contribution is 2.31. The Hall–Kier alpha value is -3.65. The van der Waals surface area contributed by atoms with Crippen LogP contribution < -0.4 is 15.5 Å². The average Bonchev–Trinajstić information content (AvgIpc) is 3.35. The van der Waals surface area contributed by atoms with E-state index in [4.69, 9.17) is 4.42 Å². The SMILES string of the molecule is O=Cc1ccccc1N1CCC(NC(=O)C2(NC(=O)c3cc4ccccc4o3)CCCCC2)C(O)C1. The van der Waals surface area contributed by atoms with Crippen LogP contribution in [0.3, 0.4) is 0 Å². The molecule has 8 nitrogen and oxygen atoms in total. The average molecular weight is 490 g/mol. The first kappa shape index (κ1) is 24.1. The lowest BCUT2D eigenvalue weighted by molar-refractivity contribution is -0.130. The summed E-state index contributed by atoms with van der Waals surface area (Å²) >= 11 is 0. The van der Waals surface area contributed by atoms with Crippen LogP contribution in [0.1, 0.15) is 59.4 Å². The van der Waals surface area contributed by atoms with E-state index in [-0.39, 0.29) is 11.7 Å². The van der Waals surface area contributed by atoms with E-state index in [2.05, 4.69) is 10.6 Å². The van der Waals surface area contributed by atoms with Gasteiger partial charge in [0, 0.05) is 29.7 Å². The second kappa shape index (κ2) is 10.1. The van der Waals surface area contributed by atoms with Gasteiger partial charge in [0.15, 0.2) is 12.0 Å². The lowest BCUT2D eigenvalue weighted by Crippen LogP contribution is -2.64. The minimum absolute atomic E-state index is 0.177. The van der Waals surface area contributed by atoms with Gasteiger partial charge in [-0.1, -0.05) is 49.6 Å². The molecule has 2 aromatic carbocycles. The summed E-state index contributed by atoms with van der Waals surface area (Å²) in [5, 5.41) is 17.7. The van der Waals surface area contributed by atoms with Gasteiger partial charge in [0.1, 0.15) is 11.1 Å². The number of nitrogens with one attached hydrogen (secondary N) is 2. The van der Waals surface area contributed by atoms with Gasteiger partial charge in [-0.05, 0) is 43.5 Å². The van der Waals surface area contributed by atoms with E-state index >= 15 is 0 Å². The van der Waals surface area contributed by atoms with Crippen LogP contribution in [-0.4, -0.2) is 54.0 Å². The minimum atomic E-state index is -1.05. The van der Waals surface area contributed by atoms with Crippen molar-refractivity contribution in [1.29, 1.82) is 0 Å². The van der Waals surface area contributed by atoms with Crippen molar-refractivity contribution in [2.75, 3.05) is 18.0 Å². The van der Waals surface area contributed by atoms with Gasteiger partial charge in [-0.3, -0.25) is 14.4 Å². The molecule has 0 radical (unpaired) electrons. The fraction of sp³-hybridized carbons (Fsp3) is 0.393. The van der Waals surface area contributed by atoms with Crippen molar-refractivity contribution in [1.82, 2.24) is 10.6 Å². The molecule has 2 heterocycles. The molecule has 1 saturated heterocycles. The molecule has 3 aromatic rings. The summed E-state index contributed by atoms with van der Waals surface area (Å²) in [6, 6.07) is 15.9. The number of carbonyl (C=O) groups excluding carboxylic acids is 3. The topological polar surface area (TPSA) is 112 Å². The molecule has 5 rings (SSSR count). The van der Waals surface area contributed by atoms with Crippen molar-refractivity contribution in [3.63, 3.8) is 0 Å². The van der Waals surface area contributed by atoms with Crippen LogP contribution >= 0.6 is 0 Å². The van der Waals surface area contributed by atoms with Gasteiger partial charge < -0.3 is 25.1 Å². The third-order valence-electron chi connectivity index (χ3n) is 7.45. The van der Waals surface area contributed by atoms with Crippen molar-refractivity contribution < 1.29 is 23.9 Å². The number of hydrogen-bond acceptors (Lipinski definition) is 6. The maximum absolute atomic E-state index is 13.6. The van der Waals surface area contributed by atoms with Crippen LogP contribution in [0.5, 0.6) is 0 Å². The fourth-order valence-electron chi connectivity index (χ4n) is 5.44. The molecule has 0 spiro atoms. The zero-order chi connectivity index (χ0) is 25.1. The van der Waals surface area contributed by atoms with Gasteiger partial charge in [-0.15, -0.1) is 0 Å². The Kier molecular flexibility index (Phi) is 6.78. The molecule has 2 unspecified atom stereocenters. The molecule has 1 aliphatic carbocycles. The molecular weight excluding hydrogens is 458 g/mol. The number of fused-ring (bicyclic) bond motifs is 1. The third-order valence-corrected chi connectivity index (χ3v) is 7.45. The van der Waals surface area contributed by atoms with E-state index in [1.807, 2.05) is 35.2 Å². The number of aliphatic hydroxyl groups is 1. The number of furan rings is 1. The molecule has 188 valence electrons. The first-order chi connectivity index (χ1) is 17.5. The summed E-state index contributed by atoms with van der Waals surface area (Å²) in [7, 11) is 0. The quantitative estimate of drug-likeness (QED) is 0.458. The van der Waals surface area contributed by atoms with Gasteiger partial charge in [-0.2, -0.15) is 0 Å². The number of amides is 2. The molecule has 1 aliphatic heterocycles. The van der Waals surface area contributed by atoms with E-state index in [0.717, 1.165) is 36.6 Å². The molecule has 1 saturated carbocycles. The fourth-order valence-corrected chi connectivity index (χ4v) is 5.44. The van der Waals surface area contributed by atoms with Crippen LogP contribution in [0.4, 0.5) is 5.69 Å². The Morgan fingerprint density at radius 1 is 1.06 bits per heavy atom. The predicted molar refractivity (Wildman–Crippen MR) is 136 cm³/mol. The monoisotopic (exact) mass is 489 g/mol. The van der Waals surface area contributed by atoms with Gasteiger partial charge in [0.25, 0.3) is 5.91 Å². The van der Waals surface area contributed by atoms with Gasteiger partial charge >= 0.3 is 0 Å². The van der Waals surface area contributed by atoms with Crippen LogP contribution in [-0.2, 0) is 4.79 Å². The Morgan fingerprint density at radius 3 is 2.56 bits per heavy atom. The molecule has 3 N–H and O–H groups in total. The number of para-hydroxylation sites is 2. The largest absolute Gasteiger partial charge is 0.451 e. The van der Waals surface area contributed by atoms with Gasteiger partial charge in [-0.25, -0.2) is 0 Å². The zero-order valence-electron chi connectivity index (χ0n) is 20.1. The Labute approximate surface area is 209 Å². The van der Waals surface area contributed by atoms with Crippen LogP contribution in [0.15, 0.2) is 59.0 Å². The maximum Gasteiger partial charge on any atom is 0.287 e. The zero-order valence-corrected chi connectivity index (χ0v) is 20.1. The van der Waals surface area contributed by atoms with Gasteiger partial charge in [0.05, 0.1) is 12.1 Å². The first-order valence-corrected chi connectivity index (χ1v) is 12.6. The lowest BCUT2D eigenvalue weighted by atomic mass is 9.80. The molecule has 36 heavy (non-hydrogen) atoms. The van der Waals surface area contributed by atoms with Crippen molar-refractivity contribution in [3.05, 3.63) is 65.9 Å². The van der Waals surface area contributed by atoms with Crippen LogP contribution in [0.2, 0.25) is 0 Å². The summed E-state index contributed by atoms with van der Waals surface area (Å²) in [6.07, 6.45) is 4.26. The van der Waals surface area contributed by atoms with E-state index in [1.54, 1.807) is 24.3 Å². The standard InChI is InChI=1S/C28H31N3O5/c32-18-20-9-2-4-10-22(20)31-15-12-21(23(33)17-31)29-27(35)28(13-6-1-7-14-28)30-26(34)25-16-19-8-3-5-11-24(19)36-25/h2-5,8-11,16,18,21,23,33H,1,6-7,12-15,17H2,(H,29,35)(H,30,34). The van der Waals surface area contributed by atoms with Crippen LogP contribution in [0.25, 0.3) is 11.0 Å². The Morgan fingerprint density at radius 2 is 1.81 bits per heavy atom. The first-order valence-electron chi connectivity index (χ1n) is 12.6. The summed E-state index contributed by atoms with van der Waals surface area (Å²) in [5.41, 5.74) is 0.922. The van der Waals surface area contributed by atoms with Crippen molar-refractivity contribution >= 4 is 34.8 Å². The summed E-state index contributed by atoms with van der Waals surface area (Å²) in [4.78, 5) is 40.1. The number of piperidine rings is 1. The number of anilines is 1. The predicted octanol–water partition coefficient (Wildman–Crippen LogP) is 3.43. The summed E-state index contributed by atoms with van der Waals surface area (Å²) < 4.78 is 5.72. The highest BCUT2D eigenvalue weighted by Gasteiger charge is 2.43. The number of nitrogens with zero attached hydrogens (tertiary/aromatic N) is 1. The third kappa shape index (κ3) is 4.73. The molecule has 0 bridgehead atoms. The van der Waals surface area contributed by atoms with Crippen molar-refractivity contribution in [2.45, 2.75) is 56.2 Å². The molecule has 8 heteroatoms. The molecule has 2 fully saturated rings. The van der Waals surface area contributed by atoms with Crippen molar-refractivity contribution in [3.8, 4) is 0 Å². The number of aldehydes is 1. The number of hydrogen-bond donors (Lipinski definition) is 3. The lowest BCUT2D eigenvalue weighted by Gasteiger charge is -2.41. The minimum Gasteiger partial charge on any atom is -0.451 e. The van der Waals surface area contributed by atoms with Crippen LogP contribution in [0, 0.1) is 0 Å². The summed E-state index contributed by atoms with van der Waals surface area (Å²) in [5.74, 6) is -0.502. The van der Waals surface area contributed by atoms with E-state index in [1.165, 1.54) is 0 Å². The molecule has 2 atom stereocenters. The number of β-amino-alcohol motifs (C(OH)–C–C–N with tert-alkyl or cyclic N) is 1.